The number of carbonyl (C=O) groups excluding carboxylic acids is 1. The van der Waals surface area contributed by atoms with Gasteiger partial charge in [0.25, 0.3) is 0 Å². The lowest BCUT2D eigenvalue weighted by atomic mass is 10.0. The van der Waals surface area contributed by atoms with Crippen molar-refractivity contribution < 1.29 is 14.3 Å². The Morgan fingerprint density at radius 2 is 1.88 bits per heavy atom. The number of imidazole rings is 1. The van der Waals surface area contributed by atoms with Gasteiger partial charge in [-0.05, 0) is 44.0 Å². The lowest BCUT2D eigenvalue weighted by molar-refractivity contribution is 0.0603. The Morgan fingerprint density at radius 3 is 2.61 bits per heavy atom. The lowest BCUT2D eigenvalue weighted by Crippen LogP contribution is -2.36. The van der Waals surface area contributed by atoms with Crippen molar-refractivity contribution in [1.82, 2.24) is 14.5 Å². The molecule has 0 bridgehead atoms. The minimum absolute atomic E-state index is 0.383. The number of anilines is 1. The fraction of sp³-hybridized carbons (Fsp3) is 0.346. The summed E-state index contributed by atoms with van der Waals surface area (Å²) in [6.07, 6.45) is 0.838. The number of esters is 1. The second-order valence-corrected chi connectivity index (χ2v) is 8.34. The Balaban J connectivity index is 1.87. The SMILES string of the molecule is CCc1c(C)nc2ccccc2c1-n1c(C)nc2c(C(=O)OC)cc(N3CCOCC3)cc21. The Hall–Kier alpha value is -3.45. The molecular formula is C26H28N4O3. The van der Waals surface area contributed by atoms with Crippen molar-refractivity contribution in [3.8, 4) is 5.69 Å². The van der Waals surface area contributed by atoms with Crippen LogP contribution in [-0.4, -0.2) is 53.9 Å². The number of fused-ring (bicyclic) bond motifs is 2. The molecule has 0 radical (unpaired) electrons. The van der Waals surface area contributed by atoms with E-state index >= 15 is 0 Å². The van der Waals surface area contributed by atoms with Crippen molar-refractivity contribution in [2.45, 2.75) is 27.2 Å². The molecule has 1 aliphatic rings. The van der Waals surface area contributed by atoms with Crippen LogP contribution in [0.2, 0.25) is 0 Å². The quantitative estimate of drug-likeness (QED) is 0.435. The van der Waals surface area contributed by atoms with Crippen LogP contribution >= 0.6 is 0 Å². The standard InChI is InChI=1S/C26H28N4O3/c1-5-19-16(2)27-22-9-7-6-8-20(22)25(19)30-17(3)28-24-21(26(31)32-4)14-18(15-23(24)30)29-10-12-33-13-11-29/h6-9,14-15H,5,10-13H2,1-4H3. The van der Waals surface area contributed by atoms with E-state index in [0.29, 0.717) is 24.3 Å². The molecule has 7 heteroatoms. The van der Waals surface area contributed by atoms with E-state index in [2.05, 4.69) is 35.4 Å². The number of hydrogen-bond acceptors (Lipinski definition) is 6. The van der Waals surface area contributed by atoms with Gasteiger partial charge in [0, 0.05) is 29.9 Å². The first-order valence-corrected chi connectivity index (χ1v) is 11.4. The number of morpholine rings is 1. The molecule has 170 valence electrons. The highest BCUT2D eigenvalue weighted by Crippen LogP contribution is 2.35. The molecule has 4 aromatic rings. The summed E-state index contributed by atoms with van der Waals surface area (Å²) in [5.41, 5.74) is 7.19. The Labute approximate surface area is 193 Å². The number of aryl methyl sites for hydroxylation is 2. The number of pyridine rings is 1. The number of ether oxygens (including phenoxy) is 2. The number of methoxy groups -OCH3 is 1. The van der Waals surface area contributed by atoms with Gasteiger partial charge in [0.15, 0.2) is 0 Å². The third-order valence-electron chi connectivity index (χ3n) is 6.44. The summed E-state index contributed by atoms with van der Waals surface area (Å²) in [5, 5.41) is 1.07. The Bertz CT molecular complexity index is 1370. The summed E-state index contributed by atoms with van der Waals surface area (Å²) in [4.78, 5) is 24.7. The Kier molecular flexibility index (Phi) is 5.50. The third-order valence-corrected chi connectivity index (χ3v) is 6.44. The molecule has 0 atom stereocenters. The topological polar surface area (TPSA) is 69.5 Å². The maximum Gasteiger partial charge on any atom is 0.340 e. The molecule has 2 aromatic carbocycles. The van der Waals surface area contributed by atoms with Crippen LogP contribution in [0.1, 0.15) is 34.4 Å². The zero-order valence-corrected chi connectivity index (χ0v) is 19.5. The highest BCUT2D eigenvalue weighted by Gasteiger charge is 2.24. The number of nitrogens with zero attached hydrogens (tertiary/aromatic N) is 4. The van der Waals surface area contributed by atoms with Crippen LogP contribution in [-0.2, 0) is 15.9 Å². The van der Waals surface area contributed by atoms with E-state index in [4.69, 9.17) is 19.4 Å². The second-order valence-electron chi connectivity index (χ2n) is 8.34. The molecule has 0 N–H and O–H groups in total. The lowest BCUT2D eigenvalue weighted by Gasteiger charge is -2.29. The zero-order chi connectivity index (χ0) is 23.1. The number of aromatic nitrogens is 3. The van der Waals surface area contributed by atoms with Gasteiger partial charge >= 0.3 is 5.97 Å². The highest BCUT2D eigenvalue weighted by molar-refractivity contribution is 6.05. The average Bonchev–Trinajstić information content (AvgIpc) is 3.17. The molecule has 5 rings (SSSR count). The number of hydrogen-bond donors (Lipinski definition) is 0. The van der Waals surface area contributed by atoms with Gasteiger partial charge in [-0.15, -0.1) is 0 Å². The van der Waals surface area contributed by atoms with Crippen molar-refractivity contribution >= 4 is 33.6 Å². The minimum atomic E-state index is -0.383. The molecule has 1 fully saturated rings. The van der Waals surface area contributed by atoms with E-state index in [1.54, 1.807) is 0 Å². The number of benzene rings is 2. The van der Waals surface area contributed by atoms with Gasteiger partial charge in [0.2, 0.25) is 0 Å². The number of para-hydroxylation sites is 1. The van der Waals surface area contributed by atoms with Gasteiger partial charge in [0.05, 0.1) is 42.6 Å². The minimum Gasteiger partial charge on any atom is -0.465 e. The van der Waals surface area contributed by atoms with E-state index in [9.17, 15) is 4.79 Å². The van der Waals surface area contributed by atoms with Gasteiger partial charge in [-0.3, -0.25) is 9.55 Å². The van der Waals surface area contributed by atoms with Gasteiger partial charge in [-0.25, -0.2) is 9.78 Å². The van der Waals surface area contributed by atoms with Crippen LogP contribution in [0.15, 0.2) is 36.4 Å². The summed E-state index contributed by atoms with van der Waals surface area (Å²) in [7, 11) is 1.41. The van der Waals surface area contributed by atoms with Crippen molar-refractivity contribution in [3.63, 3.8) is 0 Å². The molecule has 3 heterocycles. The predicted octanol–water partition coefficient (Wildman–Crippen LogP) is 4.38. The molecule has 2 aromatic heterocycles. The number of carbonyl (C=O) groups is 1. The molecule has 1 saturated heterocycles. The third kappa shape index (κ3) is 3.53. The van der Waals surface area contributed by atoms with Gasteiger partial charge < -0.3 is 14.4 Å². The maximum atomic E-state index is 12.8. The molecule has 1 aliphatic heterocycles. The van der Waals surface area contributed by atoms with Gasteiger partial charge in [-0.2, -0.15) is 0 Å². The fourth-order valence-corrected chi connectivity index (χ4v) is 4.86. The van der Waals surface area contributed by atoms with Crippen molar-refractivity contribution in [3.05, 3.63) is 59.0 Å². The van der Waals surface area contributed by atoms with Crippen LogP contribution in [0.5, 0.6) is 0 Å². The number of rotatable bonds is 4. The van der Waals surface area contributed by atoms with Gasteiger partial charge in [0.1, 0.15) is 11.3 Å². The van der Waals surface area contributed by atoms with E-state index < -0.39 is 0 Å². The molecular weight excluding hydrogens is 416 g/mol. The molecule has 0 spiro atoms. The molecule has 0 amide bonds. The average molecular weight is 445 g/mol. The summed E-state index contributed by atoms with van der Waals surface area (Å²) in [6.45, 7) is 9.07. The monoisotopic (exact) mass is 444 g/mol. The normalized spacial score (nSPS) is 14.2. The van der Waals surface area contributed by atoms with E-state index in [0.717, 1.165) is 58.8 Å². The Morgan fingerprint density at radius 1 is 1.12 bits per heavy atom. The first-order chi connectivity index (χ1) is 16.0. The van der Waals surface area contributed by atoms with Crippen molar-refractivity contribution in [1.29, 1.82) is 0 Å². The van der Waals surface area contributed by atoms with E-state index in [1.165, 1.54) is 12.7 Å². The smallest absolute Gasteiger partial charge is 0.340 e. The summed E-state index contributed by atoms with van der Waals surface area (Å²) < 4.78 is 12.9. The van der Waals surface area contributed by atoms with Crippen LogP contribution in [0, 0.1) is 13.8 Å². The van der Waals surface area contributed by atoms with Crippen molar-refractivity contribution in [2.75, 3.05) is 38.3 Å². The molecule has 33 heavy (non-hydrogen) atoms. The van der Waals surface area contributed by atoms with Gasteiger partial charge in [-0.1, -0.05) is 25.1 Å². The van der Waals surface area contributed by atoms with Crippen LogP contribution in [0.25, 0.3) is 27.6 Å². The van der Waals surface area contributed by atoms with Crippen LogP contribution < -0.4 is 4.90 Å². The largest absolute Gasteiger partial charge is 0.465 e. The van der Waals surface area contributed by atoms with Crippen LogP contribution in [0.4, 0.5) is 5.69 Å². The van der Waals surface area contributed by atoms with E-state index in [-0.39, 0.29) is 5.97 Å². The van der Waals surface area contributed by atoms with E-state index in [1.807, 2.05) is 31.2 Å². The summed E-state index contributed by atoms with van der Waals surface area (Å²) in [5.74, 6) is 0.436. The maximum absolute atomic E-state index is 12.8. The highest BCUT2D eigenvalue weighted by atomic mass is 16.5. The van der Waals surface area contributed by atoms with Crippen LogP contribution in [0.3, 0.4) is 0 Å². The first kappa shape index (κ1) is 21.4. The molecule has 0 unspecified atom stereocenters. The molecule has 7 nitrogen and oxygen atoms in total. The fourth-order valence-electron chi connectivity index (χ4n) is 4.86. The first-order valence-electron chi connectivity index (χ1n) is 11.4. The summed E-state index contributed by atoms with van der Waals surface area (Å²) >= 11 is 0. The molecule has 0 aliphatic carbocycles. The van der Waals surface area contributed by atoms with Crippen molar-refractivity contribution in [2.24, 2.45) is 0 Å². The zero-order valence-electron chi connectivity index (χ0n) is 19.5. The predicted molar refractivity (Wildman–Crippen MR) is 130 cm³/mol. The second kappa shape index (κ2) is 8.48. The summed E-state index contributed by atoms with van der Waals surface area (Å²) in [6, 6.07) is 12.2. The molecule has 0 saturated carbocycles.